The van der Waals surface area contributed by atoms with Crippen LogP contribution in [0.3, 0.4) is 0 Å². The van der Waals surface area contributed by atoms with Crippen LogP contribution < -0.4 is 5.32 Å². The lowest BCUT2D eigenvalue weighted by Crippen LogP contribution is -2.57. The fraction of sp³-hybridized carbons (Fsp3) is 1.00. The van der Waals surface area contributed by atoms with E-state index in [-0.39, 0.29) is 17.7 Å². The standard InChI is InChI=1S/C16H35N3O/c1-14(2)17-16(5,13-20)8-7-9-19-11-10-18(6)15(3,4)12-19/h14,17,20H,7-13H2,1-6H3. The Labute approximate surface area is 125 Å². The molecule has 1 aliphatic rings. The number of nitrogens with zero attached hydrogens (tertiary/aromatic N) is 2. The quantitative estimate of drug-likeness (QED) is 0.744. The van der Waals surface area contributed by atoms with Crippen LogP contribution in [0.2, 0.25) is 0 Å². The van der Waals surface area contributed by atoms with Crippen molar-refractivity contribution < 1.29 is 5.11 Å². The fourth-order valence-corrected chi connectivity index (χ4v) is 3.12. The van der Waals surface area contributed by atoms with Gasteiger partial charge in [-0.1, -0.05) is 13.8 Å². The van der Waals surface area contributed by atoms with Crippen molar-refractivity contribution in [1.29, 1.82) is 0 Å². The van der Waals surface area contributed by atoms with Gasteiger partial charge in [0.2, 0.25) is 0 Å². The summed E-state index contributed by atoms with van der Waals surface area (Å²) < 4.78 is 0. The highest BCUT2D eigenvalue weighted by Crippen LogP contribution is 2.20. The van der Waals surface area contributed by atoms with Gasteiger partial charge in [0.1, 0.15) is 0 Å². The molecular formula is C16H35N3O. The number of piperazine rings is 1. The molecule has 0 saturated carbocycles. The molecule has 1 atom stereocenters. The molecule has 1 heterocycles. The van der Waals surface area contributed by atoms with E-state index in [1.54, 1.807) is 0 Å². The molecule has 20 heavy (non-hydrogen) atoms. The van der Waals surface area contributed by atoms with Crippen molar-refractivity contribution in [2.45, 2.75) is 64.6 Å². The van der Waals surface area contributed by atoms with Gasteiger partial charge in [-0.2, -0.15) is 0 Å². The molecule has 1 unspecified atom stereocenters. The third kappa shape index (κ3) is 5.32. The average molecular weight is 285 g/mol. The van der Waals surface area contributed by atoms with Crippen LogP contribution in [0.1, 0.15) is 47.5 Å². The molecule has 4 nitrogen and oxygen atoms in total. The highest BCUT2D eigenvalue weighted by atomic mass is 16.3. The van der Waals surface area contributed by atoms with Crippen molar-refractivity contribution in [3.05, 3.63) is 0 Å². The third-order valence-electron chi connectivity index (χ3n) is 4.58. The van der Waals surface area contributed by atoms with Gasteiger partial charge < -0.3 is 15.3 Å². The maximum absolute atomic E-state index is 9.61. The number of likely N-dealkylation sites (N-methyl/N-ethyl adjacent to an activating group) is 1. The lowest BCUT2D eigenvalue weighted by molar-refractivity contribution is 0.0372. The SMILES string of the molecule is CC(C)NC(C)(CO)CCCN1CCN(C)C(C)(C)C1. The van der Waals surface area contributed by atoms with Crippen LogP contribution in [0, 0.1) is 0 Å². The summed E-state index contributed by atoms with van der Waals surface area (Å²) in [6.07, 6.45) is 2.16. The van der Waals surface area contributed by atoms with E-state index in [2.05, 4.69) is 56.8 Å². The highest BCUT2D eigenvalue weighted by Gasteiger charge is 2.31. The molecule has 0 radical (unpaired) electrons. The molecule has 0 aromatic carbocycles. The van der Waals surface area contributed by atoms with Crippen molar-refractivity contribution in [2.75, 3.05) is 39.8 Å². The van der Waals surface area contributed by atoms with Gasteiger partial charge in [-0.25, -0.2) is 0 Å². The van der Waals surface area contributed by atoms with E-state index >= 15 is 0 Å². The molecule has 2 N–H and O–H groups in total. The zero-order valence-electron chi connectivity index (χ0n) is 14.4. The smallest absolute Gasteiger partial charge is 0.0610 e. The predicted octanol–water partition coefficient (Wildman–Crippen LogP) is 1.54. The molecule has 120 valence electrons. The van der Waals surface area contributed by atoms with Gasteiger partial charge in [-0.15, -0.1) is 0 Å². The van der Waals surface area contributed by atoms with E-state index in [1.165, 1.54) is 0 Å². The lowest BCUT2D eigenvalue weighted by atomic mass is 9.94. The number of aliphatic hydroxyl groups excluding tert-OH is 1. The van der Waals surface area contributed by atoms with Crippen LogP contribution in [0.5, 0.6) is 0 Å². The Morgan fingerprint density at radius 3 is 2.45 bits per heavy atom. The van der Waals surface area contributed by atoms with Crippen molar-refractivity contribution >= 4 is 0 Å². The van der Waals surface area contributed by atoms with Crippen molar-refractivity contribution in [3.63, 3.8) is 0 Å². The molecule has 0 bridgehead atoms. The van der Waals surface area contributed by atoms with Crippen LogP contribution in [0.4, 0.5) is 0 Å². The molecule has 0 spiro atoms. The maximum atomic E-state index is 9.61. The molecule has 4 heteroatoms. The van der Waals surface area contributed by atoms with E-state index in [0.717, 1.165) is 39.0 Å². The second-order valence-electron chi connectivity index (χ2n) is 7.63. The van der Waals surface area contributed by atoms with Crippen LogP contribution in [-0.4, -0.2) is 71.9 Å². The Hall–Kier alpha value is -0.160. The zero-order chi connectivity index (χ0) is 15.4. The predicted molar refractivity (Wildman–Crippen MR) is 86.1 cm³/mol. The second kappa shape index (κ2) is 7.21. The molecule has 0 aliphatic carbocycles. The van der Waals surface area contributed by atoms with Crippen molar-refractivity contribution in [2.24, 2.45) is 0 Å². The minimum absolute atomic E-state index is 0.143. The van der Waals surface area contributed by atoms with Gasteiger partial charge in [0, 0.05) is 36.8 Å². The summed E-state index contributed by atoms with van der Waals surface area (Å²) in [7, 11) is 2.22. The van der Waals surface area contributed by atoms with Crippen LogP contribution in [-0.2, 0) is 0 Å². The van der Waals surface area contributed by atoms with Gasteiger partial charge in [0.25, 0.3) is 0 Å². The fourth-order valence-electron chi connectivity index (χ4n) is 3.12. The summed E-state index contributed by atoms with van der Waals surface area (Å²) in [6, 6.07) is 0.412. The molecule has 1 fully saturated rings. The molecule has 1 saturated heterocycles. The summed E-state index contributed by atoms with van der Waals surface area (Å²) in [5.74, 6) is 0. The average Bonchev–Trinajstić information content (AvgIpc) is 2.32. The first kappa shape index (κ1) is 17.9. The number of hydrogen-bond acceptors (Lipinski definition) is 4. The van der Waals surface area contributed by atoms with Gasteiger partial charge in [-0.3, -0.25) is 4.90 Å². The summed E-state index contributed by atoms with van der Waals surface area (Å²) in [5, 5.41) is 13.1. The minimum Gasteiger partial charge on any atom is -0.394 e. The van der Waals surface area contributed by atoms with Crippen LogP contribution in [0.25, 0.3) is 0 Å². The Morgan fingerprint density at radius 2 is 1.95 bits per heavy atom. The monoisotopic (exact) mass is 285 g/mol. The number of rotatable bonds is 7. The van der Waals surface area contributed by atoms with Crippen molar-refractivity contribution in [1.82, 2.24) is 15.1 Å². The van der Waals surface area contributed by atoms with Gasteiger partial charge in [0.05, 0.1) is 6.61 Å². The third-order valence-corrected chi connectivity index (χ3v) is 4.58. The van der Waals surface area contributed by atoms with E-state index in [4.69, 9.17) is 0 Å². The molecule has 0 aromatic rings. The lowest BCUT2D eigenvalue weighted by Gasteiger charge is -2.45. The van der Waals surface area contributed by atoms with E-state index in [9.17, 15) is 5.11 Å². The molecule has 0 aromatic heterocycles. The Bertz CT molecular complexity index is 293. The van der Waals surface area contributed by atoms with E-state index < -0.39 is 0 Å². The summed E-state index contributed by atoms with van der Waals surface area (Å²) in [6.45, 7) is 15.8. The minimum atomic E-state index is -0.143. The van der Waals surface area contributed by atoms with Crippen molar-refractivity contribution in [3.8, 4) is 0 Å². The first-order valence-corrected chi connectivity index (χ1v) is 8.01. The van der Waals surface area contributed by atoms with Gasteiger partial charge in [-0.05, 0) is 47.2 Å². The van der Waals surface area contributed by atoms with Crippen LogP contribution >= 0.6 is 0 Å². The Kier molecular flexibility index (Phi) is 6.45. The van der Waals surface area contributed by atoms with Gasteiger partial charge in [0.15, 0.2) is 0 Å². The van der Waals surface area contributed by atoms with Crippen LogP contribution in [0.15, 0.2) is 0 Å². The van der Waals surface area contributed by atoms with E-state index in [1.807, 2.05) is 0 Å². The topological polar surface area (TPSA) is 38.7 Å². The zero-order valence-corrected chi connectivity index (χ0v) is 14.4. The second-order valence-corrected chi connectivity index (χ2v) is 7.63. The number of nitrogens with one attached hydrogen (secondary N) is 1. The molecular weight excluding hydrogens is 250 g/mol. The maximum Gasteiger partial charge on any atom is 0.0610 e. The Morgan fingerprint density at radius 1 is 1.30 bits per heavy atom. The first-order valence-electron chi connectivity index (χ1n) is 8.01. The molecule has 1 aliphatic heterocycles. The normalized spacial score (nSPS) is 24.0. The van der Waals surface area contributed by atoms with Gasteiger partial charge >= 0.3 is 0 Å². The highest BCUT2D eigenvalue weighted by molar-refractivity contribution is 4.89. The largest absolute Gasteiger partial charge is 0.394 e. The number of aliphatic hydroxyl groups is 1. The summed E-state index contributed by atoms with van der Waals surface area (Å²) in [5.41, 5.74) is 0.130. The van der Waals surface area contributed by atoms with E-state index in [0.29, 0.717) is 6.04 Å². The Balaban J connectivity index is 2.36. The molecule has 1 rings (SSSR count). The molecule has 0 amide bonds. The summed E-state index contributed by atoms with van der Waals surface area (Å²) in [4.78, 5) is 5.01. The number of hydrogen-bond donors (Lipinski definition) is 2. The summed E-state index contributed by atoms with van der Waals surface area (Å²) >= 11 is 0. The first-order chi connectivity index (χ1) is 9.18.